The van der Waals surface area contributed by atoms with E-state index < -0.39 is 0 Å². The number of nitrogens with one attached hydrogen (secondary N) is 1. The topological polar surface area (TPSA) is 55.1 Å². The molecule has 2 aromatic rings. The predicted molar refractivity (Wildman–Crippen MR) is 86.7 cm³/mol. The monoisotopic (exact) mass is 300 g/mol. The summed E-state index contributed by atoms with van der Waals surface area (Å²) in [5.74, 6) is -0.0112. The molecule has 1 aliphatic rings. The molecular formula is C17H20N2OS. The molecule has 3 N–H and O–H groups in total. The fourth-order valence-electron chi connectivity index (χ4n) is 2.74. The molecule has 0 saturated carbocycles. The minimum absolute atomic E-state index is 0.0112. The van der Waals surface area contributed by atoms with Crippen LogP contribution in [0, 0.1) is 0 Å². The minimum atomic E-state index is -0.0112. The molecule has 4 heteroatoms. The molecule has 1 heterocycles. The molecule has 1 aliphatic carbocycles. The van der Waals surface area contributed by atoms with Gasteiger partial charge in [0.05, 0.1) is 6.54 Å². The summed E-state index contributed by atoms with van der Waals surface area (Å²) < 4.78 is 0. The van der Waals surface area contributed by atoms with Crippen LogP contribution in [0.5, 0.6) is 0 Å². The maximum atomic E-state index is 12.1. The second-order valence-electron chi connectivity index (χ2n) is 5.43. The van der Waals surface area contributed by atoms with Gasteiger partial charge in [0.25, 0.3) is 5.91 Å². The van der Waals surface area contributed by atoms with E-state index in [4.69, 9.17) is 5.73 Å². The number of carbonyl (C=O) groups is 1. The van der Waals surface area contributed by atoms with Gasteiger partial charge in [0, 0.05) is 15.3 Å². The van der Waals surface area contributed by atoms with Gasteiger partial charge >= 0.3 is 0 Å². The van der Waals surface area contributed by atoms with E-state index in [2.05, 4.69) is 11.4 Å². The number of hydrogen-bond donors (Lipinski definition) is 2. The van der Waals surface area contributed by atoms with E-state index in [1.807, 2.05) is 35.6 Å². The summed E-state index contributed by atoms with van der Waals surface area (Å²) in [4.78, 5) is 14.9. The van der Waals surface area contributed by atoms with Gasteiger partial charge in [0.1, 0.15) is 0 Å². The van der Waals surface area contributed by atoms with E-state index in [9.17, 15) is 4.79 Å². The van der Waals surface area contributed by atoms with Crippen LogP contribution in [0.2, 0.25) is 0 Å². The van der Waals surface area contributed by atoms with Crippen molar-refractivity contribution >= 4 is 17.2 Å². The van der Waals surface area contributed by atoms with Gasteiger partial charge in [0.15, 0.2) is 0 Å². The maximum absolute atomic E-state index is 12.1. The third kappa shape index (κ3) is 3.34. The number of benzene rings is 1. The first-order chi connectivity index (χ1) is 10.3. The predicted octanol–water partition coefficient (Wildman–Crippen LogP) is 2.67. The maximum Gasteiger partial charge on any atom is 0.251 e. The van der Waals surface area contributed by atoms with Crippen molar-refractivity contribution in [1.82, 2.24) is 5.32 Å². The zero-order chi connectivity index (χ0) is 14.7. The van der Waals surface area contributed by atoms with Gasteiger partial charge in [-0.2, -0.15) is 0 Å². The number of aryl methyl sites for hydroxylation is 2. The molecule has 1 aromatic heterocycles. The Balaban J connectivity index is 1.58. The SMILES string of the molecule is NCCc1ccc(C(=O)NCc2cc3c(s2)CCC3)cc1. The zero-order valence-corrected chi connectivity index (χ0v) is 12.8. The molecule has 0 radical (unpaired) electrons. The van der Waals surface area contributed by atoms with Gasteiger partial charge in [-0.3, -0.25) is 4.79 Å². The Morgan fingerprint density at radius 1 is 1.24 bits per heavy atom. The summed E-state index contributed by atoms with van der Waals surface area (Å²) in [7, 11) is 0. The fraction of sp³-hybridized carbons (Fsp3) is 0.353. The Bertz CT molecular complexity index is 609. The number of fused-ring (bicyclic) bond motifs is 1. The van der Waals surface area contributed by atoms with Crippen molar-refractivity contribution in [2.45, 2.75) is 32.2 Å². The number of rotatable bonds is 5. The lowest BCUT2D eigenvalue weighted by atomic mass is 10.1. The van der Waals surface area contributed by atoms with Crippen molar-refractivity contribution in [2.75, 3.05) is 6.54 Å². The molecular weight excluding hydrogens is 280 g/mol. The van der Waals surface area contributed by atoms with Crippen LogP contribution in [-0.4, -0.2) is 12.5 Å². The van der Waals surface area contributed by atoms with Gasteiger partial charge < -0.3 is 11.1 Å². The molecule has 0 unspecified atom stereocenters. The highest BCUT2D eigenvalue weighted by atomic mass is 32.1. The van der Waals surface area contributed by atoms with E-state index in [1.54, 1.807) is 0 Å². The average Bonchev–Trinajstić information content (AvgIpc) is 3.07. The smallest absolute Gasteiger partial charge is 0.251 e. The lowest BCUT2D eigenvalue weighted by molar-refractivity contribution is 0.0951. The van der Waals surface area contributed by atoms with Crippen molar-refractivity contribution in [3.8, 4) is 0 Å². The standard InChI is InChI=1S/C17H20N2OS/c18-9-8-12-4-6-13(7-5-12)17(20)19-11-15-10-14-2-1-3-16(14)21-15/h4-7,10H,1-3,8-9,11,18H2,(H,19,20). The summed E-state index contributed by atoms with van der Waals surface area (Å²) in [6.07, 6.45) is 4.53. The van der Waals surface area contributed by atoms with Gasteiger partial charge in [-0.25, -0.2) is 0 Å². The Hall–Kier alpha value is -1.65. The Morgan fingerprint density at radius 2 is 2.05 bits per heavy atom. The van der Waals surface area contributed by atoms with Crippen molar-refractivity contribution in [1.29, 1.82) is 0 Å². The van der Waals surface area contributed by atoms with Crippen LogP contribution in [0.3, 0.4) is 0 Å². The number of thiophene rings is 1. The number of hydrogen-bond acceptors (Lipinski definition) is 3. The van der Waals surface area contributed by atoms with Crippen LogP contribution < -0.4 is 11.1 Å². The van der Waals surface area contributed by atoms with Crippen LogP contribution in [0.4, 0.5) is 0 Å². The van der Waals surface area contributed by atoms with E-state index in [0.29, 0.717) is 18.7 Å². The van der Waals surface area contributed by atoms with E-state index in [1.165, 1.54) is 40.1 Å². The van der Waals surface area contributed by atoms with Crippen LogP contribution >= 0.6 is 11.3 Å². The Morgan fingerprint density at radius 3 is 2.76 bits per heavy atom. The summed E-state index contributed by atoms with van der Waals surface area (Å²) >= 11 is 1.84. The molecule has 3 rings (SSSR count). The molecule has 0 aliphatic heterocycles. The number of carbonyl (C=O) groups excluding carboxylic acids is 1. The quantitative estimate of drug-likeness (QED) is 0.892. The van der Waals surface area contributed by atoms with E-state index in [0.717, 1.165) is 6.42 Å². The molecule has 0 fully saturated rings. The van der Waals surface area contributed by atoms with Gasteiger partial charge in [0.2, 0.25) is 0 Å². The molecule has 1 amide bonds. The lowest BCUT2D eigenvalue weighted by Gasteiger charge is -2.05. The minimum Gasteiger partial charge on any atom is -0.347 e. The average molecular weight is 300 g/mol. The third-order valence-corrected chi connectivity index (χ3v) is 5.11. The van der Waals surface area contributed by atoms with Crippen molar-refractivity contribution < 1.29 is 4.79 Å². The van der Waals surface area contributed by atoms with Crippen LogP contribution in [0.1, 0.15) is 37.7 Å². The van der Waals surface area contributed by atoms with Crippen molar-refractivity contribution in [3.63, 3.8) is 0 Å². The third-order valence-electron chi connectivity index (χ3n) is 3.87. The molecule has 0 bridgehead atoms. The largest absolute Gasteiger partial charge is 0.347 e. The highest BCUT2D eigenvalue weighted by molar-refractivity contribution is 7.12. The van der Waals surface area contributed by atoms with E-state index in [-0.39, 0.29) is 5.91 Å². The molecule has 0 spiro atoms. The molecule has 1 aromatic carbocycles. The highest BCUT2D eigenvalue weighted by Crippen LogP contribution is 2.30. The lowest BCUT2D eigenvalue weighted by Crippen LogP contribution is -2.22. The summed E-state index contributed by atoms with van der Waals surface area (Å²) in [5.41, 5.74) is 8.88. The first kappa shape index (κ1) is 14.3. The zero-order valence-electron chi connectivity index (χ0n) is 12.0. The van der Waals surface area contributed by atoms with E-state index >= 15 is 0 Å². The molecule has 3 nitrogen and oxygen atoms in total. The second kappa shape index (κ2) is 6.41. The van der Waals surface area contributed by atoms with Crippen LogP contribution in [0.15, 0.2) is 30.3 Å². The second-order valence-corrected chi connectivity index (χ2v) is 6.65. The fourth-order valence-corrected chi connectivity index (χ4v) is 3.94. The molecule has 0 atom stereocenters. The summed E-state index contributed by atoms with van der Waals surface area (Å²) in [6.45, 7) is 1.26. The molecule has 110 valence electrons. The van der Waals surface area contributed by atoms with Gasteiger partial charge in [-0.05, 0) is 61.6 Å². The number of amides is 1. The van der Waals surface area contributed by atoms with Crippen molar-refractivity contribution in [2.24, 2.45) is 5.73 Å². The van der Waals surface area contributed by atoms with Crippen LogP contribution in [-0.2, 0) is 25.8 Å². The van der Waals surface area contributed by atoms with Gasteiger partial charge in [-0.1, -0.05) is 12.1 Å². The van der Waals surface area contributed by atoms with Gasteiger partial charge in [-0.15, -0.1) is 11.3 Å². The highest BCUT2D eigenvalue weighted by Gasteiger charge is 2.15. The summed E-state index contributed by atoms with van der Waals surface area (Å²) in [5, 5.41) is 3.00. The first-order valence-corrected chi connectivity index (χ1v) is 8.25. The Labute approximate surface area is 129 Å². The van der Waals surface area contributed by atoms with Crippen molar-refractivity contribution in [3.05, 3.63) is 56.8 Å². The number of nitrogens with two attached hydrogens (primary N) is 1. The molecule has 21 heavy (non-hydrogen) atoms. The van der Waals surface area contributed by atoms with Crippen LogP contribution in [0.25, 0.3) is 0 Å². The Kier molecular flexibility index (Phi) is 4.36. The first-order valence-electron chi connectivity index (χ1n) is 7.44. The normalized spacial score (nSPS) is 13.2. The molecule has 0 saturated heterocycles. The summed E-state index contributed by atoms with van der Waals surface area (Å²) in [6, 6.07) is 9.93.